The highest BCUT2D eigenvalue weighted by Crippen LogP contribution is 2.24. The van der Waals surface area contributed by atoms with E-state index >= 15 is 0 Å². The van der Waals surface area contributed by atoms with Crippen molar-refractivity contribution in [3.05, 3.63) is 24.3 Å². The number of ether oxygens (including phenoxy) is 2. The quantitative estimate of drug-likeness (QED) is 0.817. The van der Waals surface area contributed by atoms with Crippen LogP contribution in [0.3, 0.4) is 0 Å². The molecule has 0 N–H and O–H groups in total. The average molecular weight is 351 g/mol. The second kappa shape index (κ2) is 6.90. The minimum absolute atomic E-state index is 0.0255. The van der Waals surface area contributed by atoms with Gasteiger partial charge in [0.1, 0.15) is 5.75 Å². The number of rotatable bonds is 5. The van der Waals surface area contributed by atoms with Gasteiger partial charge in [0, 0.05) is 19.2 Å². The van der Waals surface area contributed by atoms with E-state index in [0.29, 0.717) is 12.4 Å². The predicted molar refractivity (Wildman–Crippen MR) is 88.6 cm³/mol. The molecule has 0 radical (unpaired) electrons. The number of methoxy groups -OCH3 is 1. The van der Waals surface area contributed by atoms with Gasteiger partial charge >= 0.3 is 0 Å². The molecule has 24 heavy (non-hydrogen) atoms. The summed E-state index contributed by atoms with van der Waals surface area (Å²) in [7, 11) is -0.297. The molecule has 8 heteroatoms. The molecule has 2 aromatic rings. The molecular formula is C16H21N3O4S. The number of sulfone groups is 1. The van der Waals surface area contributed by atoms with Crippen LogP contribution >= 0.6 is 0 Å². The molecule has 7 nitrogen and oxygen atoms in total. The SMILES string of the molecule is COc1ccc(-c2nnc(S(=O)(=O)CC3CCCCO3)n2C)cc1. The smallest absolute Gasteiger partial charge is 0.249 e. The normalized spacial score (nSPS) is 18.5. The van der Waals surface area contributed by atoms with Crippen LogP contribution in [0.5, 0.6) is 5.75 Å². The Morgan fingerprint density at radius 1 is 1.25 bits per heavy atom. The summed E-state index contributed by atoms with van der Waals surface area (Å²) in [5.41, 5.74) is 0.779. The zero-order valence-electron chi connectivity index (χ0n) is 13.8. The lowest BCUT2D eigenvalue weighted by atomic mass is 10.1. The van der Waals surface area contributed by atoms with Crippen LogP contribution in [0.2, 0.25) is 0 Å². The summed E-state index contributed by atoms with van der Waals surface area (Å²) < 4.78 is 37.5. The Morgan fingerprint density at radius 3 is 2.62 bits per heavy atom. The molecule has 0 saturated carbocycles. The third kappa shape index (κ3) is 3.44. The van der Waals surface area contributed by atoms with E-state index in [2.05, 4.69) is 10.2 Å². The van der Waals surface area contributed by atoms with E-state index in [4.69, 9.17) is 9.47 Å². The van der Waals surface area contributed by atoms with Crippen LogP contribution < -0.4 is 4.74 Å². The fourth-order valence-corrected chi connectivity index (χ4v) is 4.41. The van der Waals surface area contributed by atoms with Gasteiger partial charge in [-0.25, -0.2) is 8.42 Å². The summed E-state index contributed by atoms with van der Waals surface area (Å²) in [6.07, 6.45) is 2.49. The first-order valence-electron chi connectivity index (χ1n) is 7.89. The van der Waals surface area contributed by atoms with Crippen LogP contribution in [0.4, 0.5) is 0 Å². The molecule has 1 aliphatic heterocycles. The molecule has 1 atom stereocenters. The zero-order valence-corrected chi connectivity index (χ0v) is 14.6. The molecule has 2 heterocycles. The Kier molecular flexibility index (Phi) is 4.86. The van der Waals surface area contributed by atoms with Crippen LogP contribution in [0.25, 0.3) is 11.4 Å². The van der Waals surface area contributed by atoms with E-state index in [-0.39, 0.29) is 17.0 Å². The first kappa shape index (κ1) is 16.9. The summed E-state index contributed by atoms with van der Waals surface area (Å²) in [5, 5.41) is 7.94. The Morgan fingerprint density at radius 2 is 2.00 bits per heavy atom. The van der Waals surface area contributed by atoms with Crippen LogP contribution in [0, 0.1) is 0 Å². The zero-order chi connectivity index (χ0) is 17.2. The van der Waals surface area contributed by atoms with E-state index < -0.39 is 9.84 Å². The van der Waals surface area contributed by atoms with Crippen molar-refractivity contribution in [1.82, 2.24) is 14.8 Å². The van der Waals surface area contributed by atoms with Gasteiger partial charge in [-0.15, -0.1) is 10.2 Å². The maximum Gasteiger partial charge on any atom is 0.249 e. The second-order valence-electron chi connectivity index (χ2n) is 5.86. The third-order valence-corrected chi connectivity index (χ3v) is 5.86. The number of aromatic nitrogens is 3. The average Bonchev–Trinajstić information content (AvgIpc) is 2.98. The molecule has 1 aromatic carbocycles. The van der Waals surface area contributed by atoms with E-state index in [9.17, 15) is 8.42 Å². The van der Waals surface area contributed by atoms with Crippen LogP contribution in [0.1, 0.15) is 19.3 Å². The fraction of sp³-hybridized carbons (Fsp3) is 0.500. The largest absolute Gasteiger partial charge is 0.497 e. The molecule has 0 spiro atoms. The molecule has 1 fully saturated rings. The van der Waals surface area contributed by atoms with Gasteiger partial charge < -0.3 is 14.0 Å². The second-order valence-corrected chi connectivity index (χ2v) is 7.79. The number of hydrogen-bond acceptors (Lipinski definition) is 6. The standard InChI is InChI=1S/C16H21N3O4S/c1-19-15(12-6-8-13(22-2)9-7-12)17-18-16(19)24(20,21)11-14-5-3-4-10-23-14/h6-9,14H,3-5,10-11H2,1-2H3. The van der Waals surface area contributed by atoms with Gasteiger partial charge in [-0.2, -0.15) is 0 Å². The van der Waals surface area contributed by atoms with Crippen molar-refractivity contribution < 1.29 is 17.9 Å². The highest BCUT2D eigenvalue weighted by Gasteiger charge is 2.28. The van der Waals surface area contributed by atoms with Gasteiger partial charge in [0.2, 0.25) is 15.0 Å². The Balaban J connectivity index is 1.85. The molecule has 1 saturated heterocycles. The van der Waals surface area contributed by atoms with Crippen LogP contribution in [0.15, 0.2) is 29.4 Å². The highest BCUT2D eigenvalue weighted by atomic mass is 32.2. The third-order valence-electron chi connectivity index (χ3n) is 4.14. The minimum atomic E-state index is -3.55. The van der Waals surface area contributed by atoms with Crippen molar-refractivity contribution in [3.63, 3.8) is 0 Å². The molecule has 0 bridgehead atoms. The van der Waals surface area contributed by atoms with Gasteiger partial charge in [0.05, 0.1) is 19.0 Å². The van der Waals surface area contributed by atoms with E-state index in [1.807, 2.05) is 12.1 Å². The maximum atomic E-state index is 12.6. The molecule has 1 aliphatic rings. The summed E-state index contributed by atoms with van der Waals surface area (Å²) in [6, 6.07) is 7.25. The molecule has 1 aromatic heterocycles. The number of benzene rings is 1. The molecule has 3 rings (SSSR count). The van der Waals surface area contributed by atoms with Crippen LogP contribution in [-0.2, 0) is 21.6 Å². The lowest BCUT2D eigenvalue weighted by molar-refractivity contribution is 0.0304. The summed E-state index contributed by atoms with van der Waals surface area (Å²) in [6.45, 7) is 0.621. The van der Waals surface area contributed by atoms with Crippen molar-refractivity contribution >= 4 is 9.84 Å². The molecule has 0 amide bonds. The van der Waals surface area contributed by atoms with Crippen LogP contribution in [-0.4, -0.2) is 48.8 Å². The number of hydrogen-bond donors (Lipinski definition) is 0. The lowest BCUT2D eigenvalue weighted by Crippen LogP contribution is -2.28. The molecule has 0 aliphatic carbocycles. The van der Waals surface area contributed by atoms with Crippen molar-refractivity contribution in [2.24, 2.45) is 7.05 Å². The Labute approximate surface area is 141 Å². The predicted octanol–water partition coefficient (Wildman–Crippen LogP) is 1.83. The topological polar surface area (TPSA) is 83.3 Å². The first-order valence-corrected chi connectivity index (χ1v) is 9.54. The summed E-state index contributed by atoms with van der Waals surface area (Å²) >= 11 is 0. The minimum Gasteiger partial charge on any atom is -0.497 e. The molecule has 130 valence electrons. The Hall–Kier alpha value is -1.93. The van der Waals surface area contributed by atoms with Gasteiger partial charge in [-0.05, 0) is 43.5 Å². The maximum absolute atomic E-state index is 12.6. The van der Waals surface area contributed by atoms with Crippen molar-refractivity contribution in [1.29, 1.82) is 0 Å². The summed E-state index contributed by atoms with van der Waals surface area (Å²) in [5.74, 6) is 1.17. The van der Waals surface area contributed by atoms with Crippen molar-refractivity contribution in [2.45, 2.75) is 30.5 Å². The molecule has 1 unspecified atom stereocenters. The first-order chi connectivity index (χ1) is 11.5. The van der Waals surface area contributed by atoms with Gasteiger partial charge in [-0.1, -0.05) is 0 Å². The number of nitrogens with zero attached hydrogens (tertiary/aromatic N) is 3. The van der Waals surface area contributed by atoms with Crippen molar-refractivity contribution in [2.75, 3.05) is 19.5 Å². The van der Waals surface area contributed by atoms with E-state index in [1.165, 1.54) is 4.57 Å². The highest BCUT2D eigenvalue weighted by molar-refractivity contribution is 7.91. The van der Waals surface area contributed by atoms with E-state index in [0.717, 1.165) is 30.6 Å². The lowest BCUT2D eigenvalue weighted by Gasteiger charge is -2.21. The summed E-state index contributed by atoms with van der Waals surface area (Å²) in [4.78, 5) is 0. The Bertz CT molecular complexity index is 793. The molecular weight excluding hydrogens is 330 g/mol. The van der Waals surface area contributed by atoms with E-state index in [1.54, 1.807) is 26.3 Å². The van der Waals surface area contributed by atoms with Gasteiger partial charge in [0.25, 0.3) is 0 Å². The monoisotopic (exact) mass is 351 g/mol. The van der Waals surface area contributed by atoms with Gasteiger partial charge in [0.15, 0.2) is 5.82 Å². The fourth-order valence-electron chi connectivity index (χ4n) is 2.84. The van der Waals surface area contributed by atoms with Crippen molar-refractivity contribution in [3.8, 4) is 17.1 Å². The van der Waals surface area contributed by atoms with Gasteiger partial charge in [-0.3, -0.25) is 0 Å².